The van der Waals surface area contributed by atoms with Crippen molar-refractivity contribution in [3.8, 4) is 0 Å². The summed E-state index contributed by atoms with van der Waals surface area (Å²) in [6.45, 7) is 6.06. The summed E-state index contributed by atoms with van der Waals surface area (Å²) in [4.78, 5) is 4.32. The molecule has 94 valence electrons. The first-order valence-electron chi connectivity index (χ1n) is 6.26. The van der Waals surface area contributed by atoms with E-state index in [1.807, 2.05) is 42.5 Å². The van der Waals surface area contributed by atoms with E-state index in [-0.39, 0.29) is 0 Å². The number of hydrogen-bond donors (Lipinski definition) is 1. The molecule has 2 aromatic rings. The lowest BCUT2D eigenvalue weighted by Crippen LogP contribution is -2.24. The van der Waals surface area contributed by atoms with Gasteiger partial charge in [-0.05, 0) is 36.1 Å². The molecule has 0 saturated carbocycles. The molecular formula is C16H19NO. The van der Waals surface area contributed by atoms with Gasteiger partial charge in [0.25, 0.3) is 0 Å². The minimum atomic E-state index is -1.05. The van der Waals surface area contributed by atoms with Crippen LogP contribution in [0, 0.1) is 0 Å². The highest BCUT2D eigenvalue weighted by Crippen LogP contribution is 2.28. The molecule has 2 rings (SSSR count). The Balaban J connectivity index is 2.44. The van der Waals surface area contributed by atoms with Gasteiger partial charge in [-0.15, -0.1) is 0 Å². The molecule has 0 aliphatic rings. The van der Waals surface area contributed by atoms with Gasteiger partial charge >= 0.3 is 0 Å². The standard InChI is InChI=1S/C16H19NO/c1-12(2)13-9-10-17-15(11-13)16(3,18)14-7-5-4-6-8-14/h4-12,18H,1-3H3. The van der Waals surface area contributed by atoms with E-state index in [1.54, 1.807) is 13.1 Å². The van der Waals surface area contributed by atoms with E-state index in [2.05, 4.69) is 18.8 Å². The second-order valence-corrected chi connectivity index (χ2v) is 5.07. The molecule has 0 radical (unpaired) electrons. The second kappa shape index (κ2) is 4.91. The van der Waals surface area contributed by atoms with Crippen LogP contribution < -0.4 is 0 Å². The molecule has 1 aromatic heterocycles. The molecule has 2 heteroatoms. The van der Waals surface area contributed by atoms with Crippen LogP contribution in [0.2, 0.25) is 0 Å². The zero-order chi connectivity index (χ0) is 13.2. The van der Waals surface area contributed by atoms with Crippen LogP contribution >= 0.6 is 0 Å². The molecule has 1 N–H and O–H groups in total. The zero-order valence-corrected chi connectivity index (χ0v) is 11.1. The third kappa shape index (κ3) is 2.44. The largest absolute Gasteiger partial charge is 0.379 e. The Labute approximate surface area is 108 Å². The number of hydrogen-bond acceptors (Lipinski definition) is 2. The maximum atomic E-state index is 10.7. The van der Waals surface area contributed by atoms with Crippen LogP contribution in [0.4, 0.5) is 0 Å². The summed E-state index contributed by atoms with van der Waals surface area (Å²) in [7, 11) is 0. The fourth-order valence-electron chi connectivity index (χ4n) is 1.98. The third-order valence-corrected chi connectivity index (χ3v) is 3.29. The molecule has 0 aliphatic heterocycles. The van der Waals surface area contributed by atoms with Gasteiger partial charge in [-0.25, -0.2) is 0 Å². The number of aromatic nitrogens is 1. The summed E-state index contributed by atoms with van der Waals surface area (Å²) in [5, 5.41) is 10.7. The molecule has 1 atom stereocenters. The molecule has 0 bridgehead atoms. The van der Waals surface area contributed by atoms with Crippen molar-refractivity contribution < 1.29 is 5.11 Å². The van der Waals surface area contributed by atoms with Gasteiger partial charge in [0.05, 0.1) is 5.69 Å². The maximum Gasteiger partial charge on any atom is 0.129 e. The van der Waals surface area contributed by atoms with E-state index < -0.39 is 5.60 Å². The highest BCUT2D eigenvalue weighted by atomic mass is 16.3. The van der Waals surface area contributed by atoms with Gasteiger partial charge in [0.15, 0.2) is 0 Å². The van der Waals surface area contributed by atoms with E-state index in [0.29, 0.717) is 11.6 Å². The SMILES string of the molecule is CC(C)c1ccnc(C(C)(O)c2ccccc2)c1. The van der Waals surface area contributed by atoms with Gasteiger partial charge in [0.1, 0.15) is 5.60 Å². The first-order chi connectivity index (χ1) is 8.51. The van der Waals surface area contributed by atoms with Gasteiger partial charge in [0, 0.05) is 6.20 Å². The van der Waals surface area contributed by atoms with E-state index in [4.69, 9.17) is 0 Å². The number of rotatable bonds is 3. The quantitative estimate of drug-likeness (QED) is 0.892. The van der Waals surface area contributed by atoms with Crippen molar-refractivity contribution in [3.63, 3.8) is 0 Å². The smallest absolute Gasteiger partial charge is 0.129 e. The molecule has 0 amide bonds. The van der Waals surface area contributed by atoms with Gasteiger partial charge < -0.3 is 5.11 Å². The average molecular weight is 241 g/mol. The fraction of sp³-hybridized carbons (Fsp3) is 0.312. The lowest BCUT2D eigenvalue weighted by Gasteiger charge is -2.24. The minimum absolute atomic E-state index is 0.429. The van der Waals surface area contributed by atoms with Crippen molar-refractivity contribution in [2.75, 3.05) is 0 Å². The molecule has 1 aromatic carbocycles. The summed E-state index contributed by atoms with van der Waals surface area (Å²) in [5.41, 5.74) is 1.70. The van der Waals surface area contributed by atoms with Crippen LogP contribution in [0.5, 0.6) is 0 Å². The summed E-state index contributed by atoms with van der Waals surface area (Å²) in [6, 6.07) is 13.6. The second-order valence-electron chi connectivity index (χ2n) is 5.07. The van der Waals surface area contributed by atoms with Crippen molar-refractivity contribution in [1.82, 2.24) is 4.98 Å². The monoisotopic (exact) mass is 241 g/mol. The van der Waals surface area contributed by atoms with Gasteiger partial charge in [0.2, 0.25) is 0 Å². The lowest BCUT2D eigenvalue weighted by molar-refractivity contribution is 0.0973. The van der Waals surface area contributed by atoms with Gasteiger partial charge in [-0.2, -0.15) is 0 Å². The van der Waals surface area contributed by atoms with Crippen LogP contribution in [-0.4, -0.2) is 10.1 Å². The number of pyridine rings is 1. The third-order valence-electron chi connectivity index (χ3n) is 3.29. The molecule has 1 heterocycles. The highest BCUT2D eigenvalue weighted by Gasteiger charge is 2.27. The zero-order valence-electron chi connectivity index (χ0n) is 11.1. The highest BCUT2D eigenvalue weighted by molar-refractivity contribution is 5.33. The van der Waals surface area contributed by atoms with E-state index in [9.17, 15) is 5.11 Å². The van der Waals surface area contributed by atoms with Gasteiger partial charge in [-0.3, -0.25) is 4.98 Å². The Kier molecular flexibility index (Phi) is 3.48. The van der Waals surface area contributed by atoms with Gasteiger partial charge in [-0.1, -0.05) is 44.2 Å². The molecule has 0 aliphatic carbocycles. The lowest BCUT2D eigenvalue weighted by atomic mass is 9.90. The van der Waals surface area contributed by atoms with Crippen molar-refractivity contribution in [3.05, 3.63) is 65.5 Å². The predicted octanol–water partition coefficient (Wildman–Crippen LogP) is 3.46. The van der Waals surface area contributed by atoms with Crippen molar-refractivity contribution >= 4 is 0 Å². The van der Waals surface area contributed by atoms with Crippen molar-refractivity contribution in [2.24, 2.45) is 0 Å². The Hall–Kier alpha value is -1.67. The molecule has 18 heavy (non-hydrogen) atoms. The number of benzene rings is 1. The minimum Gasteiger partial charge on any atom is -0.379 e. The van der Waals surface area contributed by atoms with Crippen LogP contribution in [-0.2, 0) is 5.60 Å². The number of aliphatic hydroxyl groups is 1. The summed E-state index contributed by atoms with van der Waals surface area (Å²) in [6.07, 6.45) is 1.77. The first kappa shape index (κ1) is 12.8. The van der Waals surface area contributed by atoms with Crippen LogP contribution in [0.1, 0.15) is 43.5 Å². The summed E-state index contributed by atoms with van der Waals surface area (Å²) >= 11 is 0. The Morgan fingerprint density at radius 1 is 1.11 bits per heavy atom. The molecule has 0 saturated heterocycles. The topological polar surface area (TPSA) is 33.1 Å². The number of nitrogens with zero attached hydrogens (tertiary/aromatic N) is 1. The van der Waals surface area contributed by atoms with Crippen LogP contribution in [0.25, 0.3) is 0 Å². The van der Waals surface area contributed by atoms with Crippen LogP contribution in [0.3, 0.4) is 0 Å². The molecule has 0 fully saturated rings. The fourth-order valence-corrected chi connectivity index (χ4v) is 1.98. The first-order valence-corrected chi connectivity index (χ1v) is 6.26. The summed E-state index contributed by atoms with van der Waals surface area (Å²) < 4.78 is 0. The van der Waals surface area contributed by atoms with E-state index in [0.717, 1.165) is 5.56 Å². The Bertz CT molecular complexity index is 518. The van der Waals surface area contributed by atoms with Crippen molar-refractivity contribution in [1.29, 1.82) is 0 Å². The average Bonchev–Trinajstić information content (AvgIpc) is 2.40. The summed E-state index contributed by atoms with van der Waals surface area (Å²) in [5.74, 6) is 0.429. The van der Waals surface area contributed by atoms with E-state index in [1.165, 1.54) is 5.56 Å². The molecule has 0 spiro atoms. The van der Waals surface area contributed by atoms with E-state index >= 15 is 0 Å². The maximum absolute atomic E-state index is 10.7. The van der Waals surface area contributed by atoms with Crippen LogP contribution in [0.15, 0.2) is 48.7 Å². The predicted molar refractivity (Wildman–Crippen MR) is 73.4 cm³/mol. The molecule has 1 unspecified atom stereocenters. The normalized spacial score (nSPS) is 14.5. The molecule has 2 nitrogen and oxygen atoms in total. The molecular weight excluding hydrogens is 222 g/mol. The Morgan fingerprint density at radius 2 is 1.78 bits per heavy atom. The van der Waals surface area contributed by atoms with Crippen molar-refractivity contribution in [2.45, 2.75) is 32.3 Å². The Morgan fingerprint density at radius 3 is 2.39 bits per heavy atom.